The Balaban J connectivity index is 1.43. The molecule has 0 spiro atoms. The highest BCUT2D eigenvalue weighted by molar-refractivity contribution is 8.00. The second kappa shape index (κ2) is 9.45. The minimum atomic E-state index is -0.175. The molecular formula is C19H23ClN4O3S. The molecule has 28 heavy (non-hydrogen) atoms. The van der Waals surface area contributed by atoms with Gasteiger partial charge in [-0.05, 0) is 38.1 Å². The van der Waals surface area contributed by atoms with Gasteiger partial charge in [-0.2, -0.15) is 0 Å². The largest absolute Gasteiger partial charge is 0.360 e. The average molecular weight is 423 g/mol. The average Bonchev–Trinajstić information content (AvgIpc) is 3.08. The van der Waals surface area contributed by atoms with Gasteiger partial charge in [0.25, 0.3) is 0 Å². The Morgan fingerprint density at radius 3 is 2.54 bits per heavy atom. The topological polar surface area (TPSA) is 78.7 Å². The Labute approximate surface area is 173 Å². The predicted octanol–water partition coefficient (Wildman–Crippen LogP) is 2.90. The molecule has 0 bridgehead atoms. The molecule has 0 radical (unpaired) electrons. The fourth-order valence-electron chi connectivity index (χ4n) is 2.96. The van der Waals surface area contributed by atoms with Crippen LogP contribution in [0.5, 0.6) is 0 Å². The number of aryl methyl sites for hydroxylation is 1. The van der Waals surface area contributed by atoms with Crippen LogP contribution in [0.1, 0.15) is 12.7 Å². The van der Waals surface area contributed by atoms with Crippen molar-refractivity contribution in [3.8, 4) is 0 Å². The molecule has 2 aromatic rings. The van der Waals surface area contributed by atoms with Crippen molar-refractivity contribution in [2.45, 2.75) is 24.0 Å². The molecule has 0 saturated carbocycles. The van der Waals surface area contributed by atoms with Gasteiger partial charge in [0.05, 0.1) is 11.8 Å². The third-order valence-electron chi connectivity index (χ3n) is 4.42. The fourth-order valence-corrected chi connectivity index (χ4v) is 4.04. The van der Waals surface area contributed by atoms with Gasteiger partial charge in [0.2, 0.25) is 11.8 Å². The van der Waals surface area contributed by atoms with E-state index in [4.69, 9.17) is 16.1 Å². The predicted molar refractivity (Wildman–Crippen MR) is 110 cm³/mol. The highest BCUT2D eigenvalue weighted by Crippen LogP contribution is 2.26. The number of amides is 2. The second-order valence-electron chi connectivity index (χ2n) is 6.69. The first-order chi connectivity index (χ1) is 13.4. The molecule has 2 heterocycles. The van der Waals surface area contributed by atoms with Crippen LogP contribution in [0.4, 0.5) is 5.82 Å². The van der Waals surface area contributed by atoms with E-state index in [0.717, 1.165) is 4.90 Å². The SMILES string of the molecule is Cc1cc(NC(=O)CN2CCN(C(=O)C(C)Sc3ccc(Cl)cc3)CC2)no1. The summed E-state index contributed by atoms with van der Waals surface area (Å²) in [6, 6.07) is 9.16. The summed E-state index contributed by atoms with van der Waals surface area (Å²) in [6.45, 7) is 6.50. The number of benzene rings is 1. The second-order valence-corrected chi connectivity index (χ2v) is 8.54. The fraction of sp³-hybridized carbons (Fsp3) is 0.421. The van der Waals surface area contributed by atoms with Crippen LogP contribution >= 0.6 is 23.4 Å². The number of thioether (sulfide) groups is 1. The quantitative estimate of drug-likeness (QED) is 0.721. The number of carbonyl (C=O) groups excluding carboxylic acids is 2. The summed E-state index contributed by atoms with van der Waals surface area (Å²) in [6.07, 6.45) is 0. The van der Waals surface area contributed by atoms with E-state index in [1.807, 2.05) is 41.0 Å². The van der Waals surface area contributed by atoms with Crippen LogP contribution < -0.4 is 5.32 Å². The normalized spacial score (nSPS) is 16.0. The van der Waals surface area contributed by atoms with E-state index in [1.54, 1.807) is 13.0 Å². The summed E-state index contributed by atoms with van der Waals surface area (Å²) in [5.74, 6) is 1.04. The number of hydrogen-bond donors (Lipinski definition) is 1. The Morgan fingerprint density at radius 1 is 1.25 bits per heavy atom. The number of piperazine rings is 1. The van der Waals surface area contributed by atoms with Crippen LogP contribution in [0.15, 0.2) is 39.8 Å². The Bertz CT molecular complexity index is 819. The third-order valence-corrected chi connectivity index (χ3v) is 5.77. The van der Waals surface area contributed by atoms with Crippen molar-refractivity contribution >= 4 is 41.0 Å². The highest BCUT2D eigenvalue weighted by atomic mass is 35.5. The first kappa shape index (κ1) is 20.7. The number of nitrogens with zero attached hydrogens (tertiary/aromatic N) is 3. The number of rotatable bonds is 6. The van der Waals surface area contributed by atoms with Gasteiger partial charge in [0, 0.05) is 42.2 Å². The lowest BCUT2D eigenvalue weighted by Gasteiger charge is -2.35. The number of halogens is 1. The third kappa shape index (κ3) is 5.73. The molecule has 1 unspecified atom stereocenters. The lowest BCUT2D eigenvalue weighted by Crippen LogP contribution is -2.52. The number of carbonyl (C=O) groups is 2. The molecule has 1 saturated heterocycles. The lowest BCUT2D eigenvalue weighted by atomic mass is 10.3. The van der Waals surface area contributed by atoms with E-state index < -0.39 is 0 Å². The van der Waals surface area contributed by atoms with Crippen molar-refractivity contribution in [1.29, 1.82) is 0 Å². The molecule has 1 aromatic heterocycles. The van der Waals surface area contributed by atoms with Gasteiger partial charge in [0.15, 0.2) is 5.82 Å². The van der Waals surface area contributed by atoms with E-state index in [-0.39, 0.29) is 23.6 Å². The van der Waals surface area contributed by atoms with Gasteiger partial charge in [0.1, 0.15) is 5.76 Å². The van der Waals surface area contributed by atoms with E-state index in [1.165, 1.54) is 11.8 Å². The van der Waals surface area contributed by atoms with Gasteiger partial charge >= 0.3 is 0 Å². The zero-order valence-electron chi connectivity index (χ0n) is 15.9. The molecule has 7 nitrogen and oxygen atoms in total. The molecule has 3 rings (SSSR count). The smallest absolute Gasteiger partial charge is 0.239 e. The molecule has 1 aliphatic rings. The monoisotopic (exact) mass is 422 g/mol. The van der Waals surface area contributed by atoms with Crippen LogP contribution in [-0.4, -0.2) is 64.7 Å². The summed E-state index contributed by atoms with van der Waals surface area (Å²) < 4.78 is 4.94. The molecular weight excluding hydrogens is 400 g/mol. The molecule has 1 N–H and O–H groups in total. The van der Waals surface area contributed by atoms with Crippen molar-refractivity contribution in [2.24, 2.45) is 0 Å². The molecule has 2 amide bonds. The van der Waals surface area contributed by atoms with Gasteiger partial charge in [-0.25, -0.2) is 0 Å². The van der Waals surface area contributed by atoms with Gasteiger partial charge in [-0.1, -0.05) is 16.8 Å². The van der Waals surface area contributed by atoms with Crippen molar-refractivity contribution in [3.63, 3.8) is 0 Å². The Hall–Kier alpha value is -2.03. The summed E-state index contributed by atoms with van der Waals surface area (Å²) in [5.41, 5.74) is 0. The maximum atomic E-state index is 12.7. The van der Waals surface area contributed by atoms with Crippen LogP contribution in [0.25, 0.3) is 0 Å². The molecule has 1 atom stereocenters. The molecule has 0 aliphatic carbocycles. The Kier molecular flexibility index (Phi) is 6.98. The summed E-state index contributed by atoms with van der Waals surface area (Å²) in [4.78, 5) is 29.7. The standard InChI is InChI=1S/C19H23ClN4O3S/c1-13-11-17(22-27-13)21-18(25)12-23-7-9-24(10-8-23)19(26)14(2)28-16-5-3-15(20)4-6-16/h3-6,11,14H,7-10,12H2,1-2H3,(H,21,22,25). The summed E-state index contributed by atoms with van der Waals surface area (Å²) in [7, 11) is 0. The summed E-state index contributed by atoms with van der Waals surface area (Å²) >= 11 is 7.43. The van der Waals surface area contributed by atoms with Crippen LogP contribution in [-0.2, 0) is 9.59 Å². The summed E-state index contributed by atoms with van der Waals surface area (Å²) in [5, 5.41) is 6.98. The van der Waals surface area contributed by atoms with E-state index >= 15 is 0 Å². The minimum absolute atomic E-state index is 0.113. The lowest BCUT2D eigenvalue weighted by molar-refractivity contribution is -0.132. The minimum Gasteiger partial charge on any atom is -0.360 e. The van der Waals surface area contributed by atoms with E-state index in [2.05, 4.69) is 10.5 Å². The Morgan fingerprint density at radius 2 is 1.93 bits per heavy atom. The van der Waals surface area contributed by atoms with Crippen LogP contribution in [0.3, 0.4) is 0 Å². The van der Waals surface area contributed by atoms with Gasteiger partial charge < -0.3 is 14.7 Å². The molecule has 1 aromatic carbocycles. The van der Waals surface area contributed by atoms with Gasteiger partial charge in [-0.3, -0.25) is 14.5 Å². The maximum Gasteiger partial charge on any atom is 0.239 e. The van der Waals surface area contributed by atoms with Crippen LogP contribution in [0.2, 0.25) is 5.02 Å². The van der Waals surface area contributed by atoms with Crippen molar-refractivity contribution < 1.29 is 14.1 Å². The maximum absolute atomic E-state index is 12.7. The number of nitrogens with one attached hydrogen (secondary N) is 1. The van der Waals surface area contributed by atoms with Gasteiger partial charge in [-0.15, -0.1) is 11.8 Å². The zero-order chi connectivity index (χ0) is 20.1. The number of aromatic nitrogens is 1. The van der Waals surface area contributed by atoms with Crippen molar-refractivity contribution in [2.75, 3.05) is 38.0 Å². The first-order valence-electron chi connectivity index (χ1n) is 9.07. The van der Waals surface area contributed by atoms with E-state index in [9.17, 15) is 9.59 Å². The highest BCUT2D eigenvalue weighted by Gasteiger charge is 2.26. The molecule has 9 heteroatoms. The molecule has 1 aliphatic heterocycles. The van der Waals surface area contributed by atoms with E-state index in [0.29, 0.717) is 42.8 Å². The molecule has 150 valence electrons. The zero-order valence-corrected chi connectivity index (χ0v) is 17.4. The molecule has 1 fully saturated rings. The van der Waals surface area contributed by atoms with Crippen molar-refractivity contribution in [3.05, 3.63) is 41.1 Å². The first-order valence-corrected chi connectivity index (χ1v) is 10.3. The number of anilines is 1. The van der Waals surface area contributed by atoms with Crippen molar-refractivity contribution in [1.82, 2.24) is 15.0 Å². The van der Waals surface area contributed by atoms with Crippen LogP contribution in [0, 0.1) is 6.92 Å². The number of hydrogen-bond acceptors (Lipinski definition) is 6.